The molecule has 13 heavy (non-hydrogen) atoms. The summed E-state index contributed by atoms with van der Waals surface area (Å²) in [5.74, 6) is 2.59. The van der Waals surface area contributed by atoms with Gasteiger partial charge in [-0.25, -0.2) is 0 Å². The Labute approximate surface area is 81.0 Å². The lowest BCUT2D eigenvalue weighted by Crippen LogP contribution is -1.86. The molecular weight excluding hydrogens is 190 g/mol. The summed E-state index contributed by atoms with van der Waals surface area (Å²) in [4.78, 5) is 0. The molecule has 4 heteroatoms. The van der Waals surface area contributed by atoms with Gasteiger partial charge in [0.1, 0.15) is 5.76 Å². The first-order chi connectivity index (χ1) is 6.22. The lowest BCUT2D eigenvalue weighted by molar-refractivity contribution is 0.319. The van der Waals surface area contributed by atoms with E-state index in [1.165, 1.54) is 6.42 Å². The quantitative estimate of drug-likeness (QED) is 0.452. The normalized spacial score (nSPS) is 27.7. The molecule has 1 aromatic heterocycles. The van der Waals surface area contributed by atoms with Gasteiger partial charge in [0.25, 0.3) is 0 Å². The third-order valence-electron chi connectivity index (χ3n) is 2.39. The molecule has 0 radical (unpaired) electrons. The van der Waals surface area contributed by atoms with Crippen LogP contribution >= 0.6 is 11.6 Å². The molecule has 70 valence electrons. The summed E-state index contributed by atoms with van der Waals surface area (Å²) in [6.07, 6.45) is 1.17. The van der Waals surface area contributed by atoms with E-state index < -0.39 is 0 Å². The van der Waals surface area contributed by atoms with E-state index in [2.05, 4.69) is 12.1 Å². The van der Waals surface area contributed by atoms with Gasteiger partial charge in [0.05, 0.1) is 0 Å². The van der Waals surface area contributed by atoms with Crippen LogP contribution in [0.3, 0.4) is 0 Å². The van der Waals surface area contributed by atoms with Crippen LogP contribution in [-0.4, -0.2) is 10.4 Å². The van der Waals surface area contributed by atoms with E-state index in [-0.39, 0.29) is 5.17 Å². The summed E-state index contributed by atoms with van der Waals surface area (Å²) < 4.78 is 5.41. The highest BCUT2D eigenvalue weighted by molar-refractivity contribution is 6.69. The first-order valence-corrected chi connectivity index (χ1v) is 4.58. The molecule has 1 fully saturated rings. The number of nitrogens with zero attached hydrogens (tertiary/aromatic N) is 1. The summed E-state index contributed by atoms with van der Waals surface area (Å²) in [7, 11) is 0. The van der Waals surface area contributed by atoms with E-state index in [4.69, 9.17) is 21.2 Å². The van der Waals surface area contributed by atoms with Crippen LogP contribution in [0.1, 0.15) is 30.8 Å². The molecular formula is C9H10ClNO2. The summed E-state index contributed by atoms with van der Waals surface area (Å²) in [5, 5.41) is 11.3. The molecule has 3 nitrogen and oxygen atoms in total. The van der Waals surface area contributed by atoms with Gasteiger partial charge in [0.15, 0.2) is 5.76 Å². The van der Waals surface area contributed by atoms with Crippen molar-refractivity contribution in [3.8, 4) is 0 Å². The van der Waals surface area contributed by atoms with Crippen molar-refractivity contribution < 1.29 is 9.62 Å². The van der Waals surface area contributed by atoms with Gasteiger partial charge in [-0.05, 0) is 24.5 Å². The van der Waals surface area contributed by atoms with Crippen molar-refractivity contribution in [2.24, 2.45) is 11.1 Å². The van der Waals surface area contributed by atoms with E-state index in [0.29, 0.717) is 17.6 Å². The van der Waals surface area contributed by atoms with E-state index in [1.807, 2.05) is 6.07 Å². The highest BCUT2D eigenvalue weighted by atomic mass is 35.5. The average Bonchev–Trinajstić information content (AvgIpc) is 2.70. The van der Waals surface area contributed by atoms with Crippen molar-refractivity contribution >= 4 is 16.8 Å². The van der Waals surface area contributed by atoms with Gasteiger partial charge in [-0.1, -0.05) is 23.7 Å². The van der Waals surface area contributed by atoms with Gasteiger partial charge in [-0.15, -0.1) is 0 Å². The molecule has 1 saturated carbocycles. The van der Waals surface area contributed by atoms with Gasteiger partial charge in [-0.3, -0.25) is 0 Å². The summed E-state index contributed by atoms with van der Waals surface area (Å²) in [5.41, 5.74) is 0. The van der Waals surface area contributed by atoms with Gasteiger partial charge in [0, 0.05) is 5.92 Å². The van der Waals surface area contributed by atoms with Crippen LogP contribution < -0.4 is 0 Å². The topological polar surface area (TPSA) is 45.7 Å². The van der Waals surface area contributed by atoms with E-state index in [0.717, 1.165) is 5.76 Å². The van der Waals surface area contributed by atoms with Crippen LogP contribution in [0.2, 0.25) is 0 Å². The minimum absolute atomic E-state index is 0.000414. The number of halogens is 1. The molecule has 1 N–H and O–H groups in total. The largest absolute Gasteiger partial charge is 0.458 e. The Hall–Kier alpha value is -0.960. The van der Waals surface area contributed by atoms with Crippen LogP contribution in [0, 0.1) is 5.92 Å². The SMILES string of the molecule is CC1CC1c1ccc(/C(Cl)=N/O)o1. The maximum Gasteiger partial charge on any atom is 0.210 e. The molecule has 1 heterocycles. The molecule has 0 aromatic carbocycles. The van der Waals surface area contributed by atoms with Gasteiger partial charge < -0.3 is 9.62 Å². The zero-order valence-electron chi connectivity index (χ0n) is 7.20. The lowest BCUT2D eigenvalue weighted by Gasteiger charge is -1.91. The van der Waals surface area contributed by atoms with Crippen LogP contribution in [0.25, 0.3) is 0 Å². The van der Waals surface area contributed by atoms with E-state index in [9.17, 15) is 0 Å². The fourth-order valence-electron chi connectivity index (χ4n) is 1.43. The zero-order chi connectivity index (χ0) is 9.42. The summed E-state index contributed by atoms with van der Waals surface area (Å²) in [6.45, 7) is 2.18. The van der Waals surface area contributed by atoms with E-state index in [1.54, 1.807) is 6.07 Å². The molecule has 2 unspecified atom stereocenters. The highest BCUT2D eigenvalue weighted by Gasteiger charge is 2.36. The predicted molar refractivity (Wildman–Crippen MR) is 49.4 cm³/mol. The molecule has 1 aromatic rings. The second-order valence-corrected chi connectivity index (χ2v) is 3.77. The highest BCUT2D eigenvalue weighted by Crippen LogP contribution is 2.47. The van der Waals surface area contributed by atoms with Crippen molar-refractivity contribution in [1.82, 2.24) is 0 Å². The fraction of sp³-hybridized carbons (Fsp3) is 0.444. The fourth-order valence-corrected chi connectivity index (χ4v) is 1.53. The number of rotatable bonds is 2. The van der Waals surface area contributed by atoms with E-state index >= 15 is 0 Å². The smallest absolute Gasteiger partial charge is 0.210 e. The van der Waals surface area contributed by atoms with Crippen molar-refractivity contribution in [2.75, 3.05) is 0 Å². The van der Waals surface area contributed by atoms with Crippen molar-refractivity contribution in [3.63, 3.8) is 0 Å². The Morgan fingerprint density at radius 1 is 1.69 bits per heavy atom. The maximum atomic E-state index is 8.40. The maximum absolute atomic E-state index is 8.40. The van der Waals surface area contributed by atoms with Crippen LogP contribution in [0.15, 0.2) is 21.7 Å². The molecule has 0 saturated heterocycles. The Balaban J connectivity index is 2.19. The third kappa shape index (κ3) is 1.56. The molecule has 0 amide bonds. The predicted octanol–water partition coefficient (Wildman–Crippen LogP) is 2.78. The third-order valence-corrected chi connectivity index (χ3v) is 2.65. The second-order valence-electron chi connectivity index (χ2n) is 3.41. The zero-order valence-corrected chi connectivity index (χ0v) is 7.95. The van der Waals surface area contributed by atoms with Gasteiger partial charge in [0.2, 0.25) is 5.17 Å². The van der Waals surface area contributed by atoms with Crippen molar-refractivity contribution in [3.05, 3.63) is 23.7 Å². The molecule has 0 bridgehead atoms. The first kappa shape index (κ1) is 8.63. The van der Waals surface area contributed by atoms with Crippen molar-refractivity contribution in [2.45, 2.75) is 19.3 Å². The molecule has 2 atom stereocenters. The Kier molecular flexibility index (Phi) is 2.04. The van der Waals surface area contributed by atoms with Gasteiger partial charge >= 0.3 is 0 Å². The van der Waals surface area contributed by atoms with Crippen LogP contribution in [-0.2, 0) is 0 Å². The lowest BCUT2D eigenvalue weighted by atomic mass is 10.3. The van der Waals surface area contributed by atoms with Crippen LogP contribution in [0.4, 0.5) is 0 Å². The number of hydrogen-bond donors (Lipinski definition) is 1. The van der Waals surface area contributed by atoms with Gasteiger partial charge in [-0.2, -0.15) is 0 Å². The molecule has 2 rings (SSSR count). The Morgan fingerprint density at radius 3 is 2.92 bits per heavy atom. The summed E-state index contributed by atoms with van der Waals surface area (Å²) >= 11 is 5.57. The second kappa shape index (κ2) is 3.07. The molecule has 0 aliphatic heterocycles. The standard InChI is InChI=1S/C9H10ClNO2/c1-5-4-6(5)7-2-3-8(13-7)9(10)11-12/h2-3,5-6,12H,4H2,1H3/b11-9-. The number of hydrogen-bond acceptors (Lipinski definition) is 3. The monoisotopic (exact) mass is 199 g/mol. The van der Waals surface area contributed by atoms with Crippen LogP contribution in [0.5, 0.6) is 0 Å². The number of furan rings is 1. The molecule has 0 spiro atoms. The first-order valence-electron chi connectivity index (χ1n) is 4.20. The molecule has 1 aliphatic rings. The minimum Gasteiger partial charge on any atom is -0.458 e. The minimum atomic E-state index is -0.000414. The summed E-state index contributed by atoms with van der Waals surface area (Å²) in [6, 6.07) is 3.61. The Morgan fingerprint density at radius 2 is 2.38 bits per heavy atom. The Bertz CT molecular complexity index is 345. The molecule has 1 aliphatic carbocycles. The van der Waals surface area contributed by atoms with Crippen molar-refractivity contribution in [1.29, 1.82) is 0 Å². The average molecular weight is 200 g/mol. The number of oxime groups is 1.